The zero-order valence-electron chi connectivity index (χ0n) is 9.77. The molecule has 0 bridgehead atoms. The first kappa shape index (κ1) is 11.4. The van der Waals surface area contributed by atoms with Gasteiger partial charge in [-0.25, -0.2) is 4.79 Å². The van der Waals surface area contributed by atoms with Crippen molar-refractivity contribution in [2.24, 2.45) is 23.7 Å². The predicted octanol–water partition coefficient (Wildman–Crippen LogP) is 1.26. The molecule has 3 unspecified atom stereocenters. The van der Waals surface area contributed by atoms with Gasteiger partial charge in [0.15, 0.2) is 0 Å². The Balaban J connectivity index is 1.83. The molecule has 1 amide bonds. The average molecular weight is 225 g/mol. The summed E-state index contributed by atoms with van der Waals surface area (Å²) >= 11 is 0. The van der Waals surface area contributed by atoms with Crippen LogP contribution in [0.3, 0.4) is 0 Å². The Hall–Kier alpha value is -1.06. The number of carbonyl (C=O) groups is 2. The molecule has 0 aromatic heterocycles. The first-order chi connectivity index (χ1) is 7.50. The van der Waals surface area contributed by atoms with E-state index in [4.69, 9.17) is 5.11 Å². The van der Waals surface area contributed by atoms with Gasteiger partial charge in [0.25, 0.3) is 0 Å². The molecule has 4 nitrogen and oxygen atoms in total. The lowest BCUT2D eigenvalue weighted by molar-refractivity contribution is -0.143. The van der Waals surface area contributed by atoms with Crippen LogP contribution in [0.4, 0.5) is 0 Å². The highest BCUT2D eigenvalue weighted by atomic mass is 16.4. The maximum atomic E-state index is 11.8. The third-order valence-corrected chi connectivity index (χ3v) is 3.63. The molecular weight excluding hydrogens is 206 g/mol. The first-order valence-electron chi connectivity index (χ1n) is 6.04. The minimum atomic E-state index is -0.938. The van der Waals surface area contributed by atoms with Gasteiger partial charge in [0.05, 0.1) is 0 Å². The molecular formula is C12H19NO3. The molecule has 16 heavy (non-hydrogen) atoms. The molecule has 2 aliphatic carbocycles. The van der Waals surface area contributed by atoms with Gasteiger partial charge in [-0.1, -0.05) is 13.8 Å². The average Bonchev–Trinajstić information content (AvgIpc) is 3.00. The number of carbonyl (C=O) groups excluding carboxylic acids is 1. The van der Waals surface area contributed by atoms with Crippen LogP contribution < -0.4 is 5.32 Å². The number of hydrogen-bond donors (Lipinski definition) is 2. The second-order valence-electron chi connectivity index (χ2n) is 5.41. The Morgan fingerprint density at radius 3 is 2.38 bits per heavy atom. The van der Waals surface area contributed by atoms with E-state index < -0.39 is 12.0 Å². The molecule has 0 aromatic carbocycles. The molecule has 0 aromatic rings. The summed E-state index contributed by atoms with van der Waals surface area (Å²) in [4.78, 5) is 22.7. The van der Waals surface area contributed by atoms with Gasteiger partial charge in [-0.2, -0.15) is 0 Å². The molecule has 90 valence electrons. The van der Waals surface area contributed by atoms with Crippen LogP contribution >= 0.6 is 0 Å². The van der Waals surface area contributed by atoms with Crippen LogP contribution in [0, 0.1) is 23.7 Å². The van der Waals surface area contributed by atoms with Gasteiger partial charge in [-0.05, 0) is 37.0 Å². The molecule has 2 fully saturated rings. The van der Waals surface area contributed by atoms with Crippen molar-refractivity contribution >= 4 is 11.9 Å². The lowest BCUT2D eigenvalue weighted by Gasteiger charge is -2.17. The fourth-order valence-electron chi connectivity index (χ4n) is 2.34. The largest absolute Gasteiger partial charge is 0.480 e. The lowest BCUT2D eigenvalue weighted by Crippen LogP contribution is -2.45. The van der Waals surface area contributed by atoms with Gasteiger partial charge in [-0.3, -0.25) is 4.79 Å². The number of hydrogen-bond acceptors (Lipinski definition) is 2. The zero-order valence-corrected chi connectivity index (χ0v) is 9.77. The SMILES string of the molecule is CC(C)C(NC(=O)C1CC1C1CC1)C(=O)O. The number of amides is 1. The first-order valence-corrected chi connectivity index (χ1v) is 6.04. The van der Waals surface area contributed by atoms with Crippen molar-refractivity contribution in [1.82, 2.24) is 5.32 Å². The van der Waals surface area contributed by atoms with Crippen LogP contribution in [0.5, 0.6) is 0 Å². The Morgan fingerprint density at radius 2 is 1.94 bits per heavy atom. The minimum Gasteiger partial charge on any atom is -0.480 e. The number of nitrogens with one attached hydrogen (secondary N) is 1. The summed E-state index contributed by atoms with van der Waals surface area (Å²) in [6.07, 6.45) is 3.46. The van der Waals surface area contributed by atoms with Crippen molar-refractivity contribution in [1.29, 1.82) is 0 Å². The molecule has 0 saturated heterocycles. The van der Waals surface area contributed by atoms with Crippen LogP contribution in [-0.4, -0.2) is 23.0 Å². The van der Waals surface area contributed by atoms with Gasteiger partial charge in [0, 0.05) is 5.92 Å². The van der Waals surface area contributed by atoms with Crippen molar-refractivity contribution in [2.45, 2.75) is 39.2 Å². The van der Waals surface area contributed by atoms with E-state index in [1.165, 1.54) is 12.8 Å². The summed E-state index contributed by atoms with van der Waals surface area (Å²) in [5.74, 6) is 0.317. The van der Waals surface area contributed by atoms with Crippen molar-refractivity contribution in [3.63, 3.8) is 0 Å². The Bertz CT molecular complexity index is 309. The predicted molar refractivity (Wildman–Crippen MR) is 58.7 cm³/mol. The molecule has 0 aliphatic heterocycles. The van der Waals surface area contributed by atoms with Crippen LogP contribution in [0.15, 0.2) is 0 Å². The van der Waals surface area contributed by atoms with Gasteiger partial charge < -0.3 is 10.4 Å². The van der Waals surface area contributed by atoms with E-state index in [1.54, 1.807) is 0 Å². The van der Waals surface area contributed by atoms with Crippen molar-refractivity contribution in [3.05, 3.63) is 0 Å². The molecule has 2 saturated carbocycles. The van der Waals surface area contributed by atoms with Crippen LogP contribution in [0.2, 0.25) is 0 Å². The minimum absolute atomic E-state index is 0.0574. The fourth-order valence-corrected chi connectivity index (χ4v) is 2.34. The highest BCUT2D eigenvalue weighted by Gasteiger charge is 2.51. The Kier molecular flexibility index (Phi) is 2.91. The smallest absolute Gasteiger partial charge is 0.326 e. The summed E-state index contributed by atoms with van der Waals surface area (Å²) in [6.45, 7) is 3.62. The van der Waals surface area contributed by atoms with Gasteiger partial charge in [0.2, 0.25) is 5.91 Å². The standard InChI is InChI=1S/C12H19NO3/c1-6(2)10(12(15)16)13-11(14)9-5-8(9)7-3-4-7/h6-10H,3-5H2,1-2H3,(H,13,14)(H,15,16). The van der Waals surface area contributed by atoms with Gasteiger partial charge in [-0.15, -0.1) is 0 Å². The summed E-state index contributed by atoms with van der Waals surface area (Å²) < 4.78 is 0. The number of aliphatic carboxylic acids is 1. The van der Waals surface area contributed by atoms with Crippen molar-refractivity contribution < 1.29 is 14.7 Å². The molecule has 2 aliphatic rings. The summed E-state index contributed by atoms with van der Waals surface area (Å²) in [6, 6.07) is -0.743. The third kappa shape index (κ3) is 2.36. The second kappa shape index (κ2) is 4.07. The quantitative estimate of drug-likeness (QED) is 0.740. The van der Waals surface area contributed by atoms with E-state index in [2.05, 4.69) is 5.32 Å². The van der Waals surface area contributed by atoms with Gasteiger partial charge >= 0.3 is 5.97 Å². The number of carboxylic acids is 1. The zero-order chi connectivity index (χ0) is 11.9. The molecule has 2 rings (SSSR count). The monoisotopic (exact) mass is 225 g/mol. The van der Waals surface area contributed by atoms with Gasteiger partial charge in [0.1, 0.15) is 6.04 Å². The molecule has 4 heteroatoms. The second-order valence-corrected chi connectivity index (χ2v) is 5.41. The Morgan fingerprint density at radius 1 is 1.31 bits per heavy atom. The molecule has 0 heterocycles. The van der Waals surface area contributed by atoms with Crippen molar-refractivity contribution in [3.8, 4) is 0 Å². The fraction of sp³-hybridized carbons (Fsp3) is 0.833. The molecule has 2 N–H and O–H groups in total. The van der Waals surface area contributed by atoms with Crippen LogP contribution in [-0.2, 0) is 9.59 Å². The highest BCUT2D eigenvalue weighted by Crippen LogP contribution is 2.54. The van der Waals surface area contributed by atoms with Crippen molar-refractivity contribution in [2.75, 3.05) is 0 Å². The maximum absolute atomic E-state index is 11.8. The van der Waals surface area contributed by atoms with E-state index in [1.807, 2.05) is 13.8 Å². The topological polar surface area (TPSA) is 66.4 Å². The number of carboxylic acid groups (broad SMARTS) is 1. The Labute approximate surface area is 95.4 Å². The van der Waals surface area contributed by atoms with E-state index in [-0.39, 0.29) is 17.7 Å². The molecule has 0 spiro atoms. The van der Waals surface area contributed by atoms with E-state index in [0.717, 1.165) is 12.3 Å². The van der Waals surface area contributed by atoms with E-state index in [0.29, 0.717) is 5.92 Å². The highest BCUT2D eigenvalue weighted by molar-refractivity contribution is 5.86. The van der Waals surface area contributed by atoms with Crippen LogP contribution in [0.25, 0.3) is 0 Å². The van der Waals surface area contributed by atoms with E-state index >= 15 is 0 Å². The lowest BCUT2D eigenvalue weighted by atomic mass is 10.0. The normalized spacial score (nSPS) is 29.9. The maximum Gasteiger partial charge on any atom is 0.326 e. The summed E-state index contributed by atoms with van der Waals surface area (Å²) in [7, 11) is 0. The van der Waals surface area contributed by atoms with E-state index in [9.17, 15) is 9.59 Å². The molecule has 3 atom stereocenters. The summed E-state index contributed by atoms with van der Waals surface area (Å²) in [5, 5.41) is 11.6. The third-order valence-electron chi connectivity index (χ3n) is 3.63. The molecule has 0 radical (unpaired) electrons. The van der Waals surface area contributed by atoms with Crippen LogP contribution in [0.1, 0.15) is 33.1 Å². The number of rotatable bonds is 5. The summed E-state index contributed by atoms with van der Waals surface area (Å²) in [5.41, 5.74) is 0.